The fraction of sp³-hybridized carbons (Fsp3) is 0. The van der Waals surface area contributed by atoms with E-state index in [2.05, 4.69) is 0 Å². The summed E-state index contributed by atoms with van der Waals surface area (Å²) >= 11 is -3.76. The molecule has 0 rings (SSSR count). The van der Waals surface area contributed by atoms with Gasteiger partial charge in [0.25, 0.3) is 0 Å². The van der Waals surface area contributed by atoms with Crippen LogP contribution in [0.4, 0.5) is 0 Å². The zero-order valence-electron chi connectivity index (χ0n) is 2.64. The van der Waals surface area contributed by atoms with E-state index in [9.17, 15) is 0 Å². The van der Waals surface area contributed by atoms with Crippen LogP contribution in [0.3, 0.4) is 0 Å². The van der Waals surface area contributed by atoms with Crippen molar-refractivity contribution >= 4 is 18.9 Å². The first-order valence-electron chi connectivity index (χ1n) is 0.478. The zero-order chi connectivity index (χ0) is 3.58. The Morgan fingerprint density at radius 1 is 1.40 bits per heavy atom. The molecule has 27 valence electrons. The third kappa shape index (κ3) is 36.7. The molecule has 0 aromatic heterocycles. The Hall–Kier alpha value is 1.21. The Labute approximate surface area is 50.2 Å². The molecule has 0 aliphatic heterocycles. The van der Waals surface area contributed by atoms with Gasteiger partial charge in [-0.05, 0) is 3.44 Å². The van der Waals surface area contributed by atoms with Gasteiger partial charge in [-0.3, -0.25) is 0 Å². The maximum Gasteiger partial charge on any atom is 0.503 e. The molecule has 0 heterocycles. The van der Waals surface area contributed by atoms with Crippen LogP contribution in [0.2, 0.25) is 0 Å². The predicted octanol–water partition coefficient (Wildman–Crippen LogP) is -6.31. The third-order valence-electron chi connectivity index (χ3n) is 0. The molecule has 0 fully saturated rings. The molecule has 0 aliphatic carbocycles. The molecule has 0 amide bonds. The Morgan fingerprint density at radius 2 is 1.40 bits per heavy atom. The van der Waals surface area contributed by atoms with Gasteiger partial charge in [0.05, 0.1) is 0 Å². The third-order valence-corrected chi connectivity index (χ3v) is 0. The summed E-state index contributed by atoms with van der Waals surface area (Å²) in [5.74, 6) is 0. The summed E-state index contributed by atoms with van der Waals surface area (Å²) in [6.45, 7) is 0. The molecule has 0 aromatic carbocycles. The fourth-order valence-corrected chi connectivity index (χ4v) is 0. The summed E-state index contributed by atoms with van der Waals surface area (Å²) in [5, 5.41) is 0. The second-order valence-corrected chi connectivity index (χ2v) is 1.35. The molecular weight excluding hydrogens is 182 g/mol. The van der Waals surface area contributed by atoms with E-state index >= 15 is 0 Å². The van der Waals surface area contributed by atoms with Crippen molar-refractivity contribution < 1.29 is 31.4 Å². The van der Waals surface area contributed by atoms with Crippen LogP contribution in [0.25, 0.3) is 0 Å². The summed E-state index contributed by atoms with van der Waals surface area (Å²) in [6.07, 6.45) is 0. The van der Waals surface area contributed by atoms with E-state index in [1.807, 2.05) is 0 Å². The molecule has 5 heavy (non-hydrogen) atoms. The Kier molecular flexibility index (Phi) is 9.90. The van der Waals surface area contributed by atoms with Crippen molar-refractivity contribution in [1.82, 2.24) is 0 Å². The van der Waals surface area contributed by atoms with Crippen LogP contribution in [0.1, 0.15) is 0 Å². The number of rotatable bonds is 0. The quantitative estimate of drug-likeness (QED) is 0.300. The molecular formula is HILiO3. The second kappa shape index (κ2) is 5.21. The van der Waals surface area contributed by atoms with Gasteiger partial charge in [-0.25, -0.2) is 0 Å². The summed E-state index contributed by atoms with van der Waals surface area (Å²) in [6, 6.07) is 0. The molecule has 0 saturated heterocycles. The molecule has 1 radical (unpaired) electrons. The first-order chi connectivity index (χ1) is 1.73. The van der Waals surface area contributed by atoms with E-state index in [4.69, 9.17) is 10.3 Å². The molecule has 0 bridgehead atoms. The predicted molar refractivity (Wildman–Crippen MR) is 7.97 cm³/mol. The van der Waals surface area contributed by atoms with Crippen molar-refractivity contribution in [2.45, 2.75) is 0 Å². The Balaban J connectivity index is 0. The molecule has 3 nitrogen and oxygen atoms in total. The van der Waals surface area contributed by atoms with E-state index in [1.165, 1.54) is 0 Å². The monoisotopic (exact) mass is 183 g/mol. The summed E-state index contributed by atoms with van der Waals surface area (Å²) in [5.41, 5.74) is 0. The van der Waals surface area contributed by atoms with Crippen molar-refractivity contribution in [2.24, 2.45) is 0 Å². The van der Waals surface area contributed by atoms with Crippen molar-refractivity contribution in [1.29, 1.82) is 0 Å². The first kappa shape index (κ1) is 9.51. The van der Waals surface area contributed by atoms with E-state index in [-0.39, 0.29) is 18.9 Å². The van der Waals surface area contributed by atoms with Gasteiger partial charge in [-0.15, -0.1) is 0 Å². The molecule has 0 aromatic rings. The van der Waals surface area contributed by atoms with Gasteiger partial charge >= 0.3 is 21.1 Å². The van der Waals surface area contributed by atoms with Crippen LogP contribution in [0.5, 0.6) is 0 Å². The maximum atomic E-state index is 8.68. The van der Waals surface area contributed by atoms with Gasteiger partial charge in [0.2, 0.25) is 0 Å². The Morgan fingerprint density at radius 3 is 1.40 bits per heavy atom. The normalized spacial score (nSPS) is 7.20. The molecule has 0 atom stereocenters. The summed E-state index contributed by atoms with van der Waals surface area (Å²) in [4.78, 5) is 0. The maximum absolute atomic E-state index is 8.68. The van der Waals surface area contributed by atoms with Crippen LogP contribution in [-0.4, -0.2) is 22.3 Å². The van der Waals surface area contributed by atoms with Gasteiger partial charge < -0.3 is 6.87 Å². The van der Waals surface area contributed by atoms with E-state index in [1.54, 1.807) is 0 Å². The minimum absolute atomic E-state index is 0. The van der Waals surface area contributed by atoms with Crippen molar-refractivity contribution in [2.75, 3.05) is 0 Å². The van der Waals surface area contributed by atoms with Crippen LogP contribution < -0.4 is 27.9 Å². The van der Waals surface area contributed by atoms with Gasteiger partial charge in [0.1, 0.15) is 0 Å². The van der Waals surface area contributed by atoms with E-state index in [0.29, 0.717) is 0 Å². The van der Waals surface area contributed by atoms with E-state index < -0.39 is 21.1 Å². The second-order valence-electron chi connectivity index (χ2n) is 0.201. The van der Waals surface area contributed by atoms with Crippen LogP contribution in [0, 0.1) is 0 Å². The van der Waals surface area contributed by atoms with Gasteiger partial charge in [-0.1, -0.05) is 0 Å². The smallest absolute Gasteiger partial charge is 0.396 e. The van der Waals surface area contributed by atoms with Crippen molar-refractivity contribution in [3.8, 4) is 0 Å². The standard InChI is InChI=1S/HIO3.Li/c2-1(3)4;/h2H;. The van der Waals surface area contributed by atoms with E-state index in [0.717, 1.165) is 0 Å². The molecule has 0 spiro atoms. The number of hydrogen-bond acceptors (Lipinski definition) is 3. The van der Waals surface area contributed by atoms with Crippen molar-refractivity contribution in [3.63, 3.8) is 0 Å². The van der Waals surface area contributed by atoms with Gasteiger partial charge in [0.15, 0.2) is 0 Å². The molecule has 1 N–H and O–H groups in total. The molecule has 0 unspecified atom stereocenters. The minimum Gasteiger partial charge on any atom is -0.396 e. The number of halogens is 1. The van der Waals surface area contributed by atoms with Crippen LogP contribution >= 0.6 is 0 Å². The Bertz CT molecular complexity index is 11.6. The summed E-state index contributed by atoms with van der Waals surface area (Å²) in [7, 11) is 0. The topological polar surface area (TPSA) is 66.3 Å². The van der Waals surface area contributed by atoms with Crippen LogP contribution in [0.15, 0.2) is 0 Å². The average Bonchev–Trinajstić information content (AvgIpc) is 0.811. The fourth-order valence-electron chi connectivity index (χ4n) is 0. The zero-order valence-corrected chi connectivity index (χ0v) is 4.80. The van der Waals surface area contributed by atoms with Gasteiger partial charge in [-0.2, -0.15) is 0 Å². The average molecular weight is 183 g/mol. The number of hydrogen-bond donors (Lipinski definition) is 1. The molecule has 5 heteroatoms. The molecule has 0 saturated carbocycles. The minimum atomic E-state index is -3.76. The summed E-state index contributed by atoms with van der Waals surface area (Å²) < 4.78 is 24.5. The first-order valence-corrected chi connectivity index (χ1v) is 3.20. The van der Waals surface area contributed by atoms with Crippen molar-refractivity contribution in [3.05, 3.63) is 0 Å². The largest absolute Gasteiger partial charge is 0.503 e. The van der Waals surface area contributed by atoms with Gasteiger partial charge in [0, 0.05) is 18.9 Å². The molecule has 0 aliphatic rings. The SMILES string of the molecule is [Li].[O-][I+2]([O-])O. The van der Waals surface area contributed by atoms with Crippen LogP contribution in [-0.2, 0) is 0 Å².